The molecular formula is C22H28ClN3O3S. The summed E-state index contributed by atoms with van der Waals surface area (Å²) < 4.78 is 26.7. The summed E-state index contributed by atoms with van der Waals surface area (Å²) in [4.78, 5) is 14.1. The van der Waals surface area contributed by atoms with Crippen LogP contribution in [-0.2, 0) is 21.2 Å². The number of aryl methyl sites for hydroxylation is 1. The van der Waals surface area contributed by atoms with Gasteiger partial charge < -0.3 is 10.2 Å². The van der Waals surface area contributed by atoms with Crippen molar-refractivity contribution in [2.24, 2.45) is 0 Å². The average molecular weight is 450 g/mol. The third-order valence-corrected chi connectivity index (χ3v) is 7.41. The first kappa shape index (κ1) is 22.6. The highest BCUT2D eigenvalue weighted by Crippen LogP contribution is 2.26. The first-order valence-electron chi connectivity index (χ1n) is 10.2. The van der Waals surface area contributed by atoms with Gasteiger partial charge in [-0.1, -0.05) is 54.1 Å². The van der Waals surface area contributed by atoms with E-state index in [4.69, 9.17) is 11.6 Å². The molecule has 0 aliphatic carbocycles. The van der Waals surface area contributed by atoms with E-state index in [1.165, 1.54) is 9.87 Å². The number of nitrogens with one attached hydrogen (secondary N) is 1. The summed E-state index contributed by atoms with van der Waals surface area (Å²) in [6.45, 7) is 2.15. The van der Waals surface area contributed by atoms with Gasteiger partial charge in [0, 0.05) is 39.1 Å². The Morgan fingerprint density at radius 3 is 2.33 bits per heavy atom. The van der Waals surface area contributed by atoms with Gasteiger partial charge in [-0.3, -0.25) is 4.79 Å². The van der Waals surface area contributed by atoms with Crippen molar-refractivity contribution < 1.29 is 13.2 Å². The van der Waals surface area contributed by atoms with E-state index in [-0.39, 0.29) is 18.2 Å². The fraction of sp³-hybridized carbons (Fsp3) is 0.409. The molecule has 0 atom stereocenters. The summed E-state index contributed by atoms with van der Waals surface area (Å²) in [5.74, 6) is -0.187. The minimum atomic E-state index is -3.40. The molecule has 162 valence electrons. The fourth-order valence-electron chi connectivity index (χ4n) is 3.55. The molecule has 2 aromatic carbocycles. The molecule has 0 radical (unpaired) electrons. The minimum Gasteiger partial charge on any atom is -0.368 e. The average Bonchev–Trinajstić information content (AvgIpc) is 2.75. The van der Waals surface area contributed by atoms with Crippen LogP contribution in [0.4, 0.5) is 5.69 Å². The molecule has 1 fully saturated rings. The lowest BCUT2D eigenvalue weighted by Gasteiger charge is -2.35. The third-order valence-electron chi connectivity index (χ3n) is 5.22. The van der Waals surface area contributed by atoms with Gasteiger partial charge >= 0.3 is 0 Å². The molecule has 0 spiro atoms. The van der Waals surface area contributed by atoms with E-state index in [0.29, 0.717) is 37.6 Å². The zero-order valence-electron chi connectivity index (χ0n) is 17.0. The van der Waals surface area contributed by atoms with E-state index < -0.39 is 10.0 Å². The van der Waals surface area contributed by atoms with Gasteiger partial charge in [0.1, 0.15) is 0 Å². The smallest absolute Gasteiger partial charge is 0.220 e. The highest BCUT2D eigenvalue weighted by Gasteiger charge is 2.27. The molecule has 1 saturated heterocycles. The summed E-state index contributed by atoms with van der Waals surface area (Å²) in [7, 11) is -3.40. The summed E-state index contributed by atoms with van der Waals surface area (Å²) in [5, 5.41) is 3.40. The Kier molecular flexibility index (Phi) is 8.13. The maximum atomic E-state index is 12.6. The van der Waals surface area contributed by atoms with Gasteiger partial charge in [-0.05, 0) is 30.5 Å². The van der Waals surface area contributed by atoms with Crippen molar-refractivity contribution in [3.63, 3.8) is 0 Å². The monoisotopic (exact) mass is 449 g/mol. The number of halogens is 1. The second-order valence-corrected chi connectivity index (χ2v) is 9.84. The predicted octanol–water partition coefficient (Wildman–Crippen LogP) is 2.93. The number of anilines is 1. The molecule has 1 aliphatic heterocycles. The number of amides is 1. The number of piperazine rings is 1. The van der Waals surface area contributed by atoms with Crippen molar-refractivity contribution in [1.29, 1.82) is 0 Å². The van der Waals surface area contributed by atoms with E-state index in [1.54, 1.807) is 0 Å². The molecule has 0 unspecified atom stereocenters. The van der Waals surface area contributed by atoms with E-state index in [2.05, 4.69) is 10.2 Å². The summed E-state index contributed by atoms with van der Waals surface area (Å²) >= 11 is 6.24. The Hall–Kier alpha value is -2.09. The van der Waals surface area contributed by atoms with Crippen LogP contribution in [0.5, 0.6) is 0 Å². The van der Waals surface area contributed by atoms with Crippen molar-refractivity contribution in [1.82, 2.24) is 9.62 Å². The Morgan fingerprint density at radius 1 is 0.967 bits per heavy atom. The first-order valence-corrected chi connectivity index (χ1v) is 12.2. The Bertz CT molecular complexity index is 930. The second-order valence-electron chi connectivity index (χ2n) is 7.34. The van der Waals surface area contributed by atoms with Crippen molar-refractivity contribution in [2.75, 3.05) is 43.4 Å². The number of benzene rings is 2. The zero-order valence-corrected chi connectivity index (χ0v) is 18.5. The van der Waals surface area contributed by atoms with Crippen molar-refractivity contribution in [2.45, 2.75) is 19.3 Å². The maximum absolute atomic E-state index is 12.6. The number of nitrogens with zero attached hydrogens (tertiary/aromatic N) is 2. The minimum absolute atomic E-state index is 0.0798. The van der Waals surface area contributed by atoms with E-state index in [1.807, 2.05) is 54.6 Å². The molecule has 1 N–H and O–H groups in total. The van der Waals surface area contributed by atoms with Crippen LogP contribution in [0, 0.1) is 0 Å². The highest BCUT2D eigenvalue weighted by molar-refractivity contribution is 7.89. The largest absolute Gasteiger partial charge is 0.368 e. The number of sulfonamides is 1. The van der Waals surface area contributed by atoms with Crippen LogP contribution in [-0.4, -0.2) is 57.1 Å². The first-order chi connectivity index (χ1) is 14.5. The van der Waals surface area contributed by atoms with Gasteiger partial charge in [0.25, 0.3) is 0 Å². The van der Waals surface area contributed by atoms with Crippen LogP contribution in [0.15, 0.2) is 54.6 Å². The van der Waals surface area contributed by atoms with Crippen molar-refractivity contribution in [3.05, 3.63) is 65.2 Å². The van der Waals surface area contributed by atoms with E-state index in [0.717, 1.165) is 18.5 Å². The molecule has 1 heterocycles. The van der Waals surface area contributed by atoms with E-state index in [9.17, 15) is 13.2 Å². The standard InChI is InChI=1S/C22H28ClN3O3S/c23-20-10-4-5-11-21(20)25-14-16-26(17-15-25)30(28,29)18-13-24-22(27)12-6-9-19-7-2-1-3-8-19/h1-5,7-8,10-11H,6,9,12-18H2,(H,24,27). The third kappa shape index (κ3) is 6.45. The van der Waals surface area contributed by atoms with Crippen molar-refractivity contribution >= 4 is 33.2 Å². The normalized spacial score (nSPS) is 15.2. The van der Waals surface area contributed by atoms with Gasteiger partial charge in [-0.25, -0.2) is 8.42 Å². The maximum Gasteiger partial charge on any atom is 0.220 e. The molecule has 6 nitrogen and oxygen atoms in total. The SMILES string of the molecule is O=C(CCCc1ccccc1)NCCS(=O)(=O)N1CCN(c2ccccc2Cl)CC1. The van der Waals surface area contributed by atoms with E-state index >= 15 is 0 Å². The molecular weight excluding hydrogens is 422 g/mol. The van der Waals surface area contributed by atoms with Gasteiger partial charge in [0.05, 0.1) is 16.5 Å². The van der Waals surface area contributed by atoms with Gasteiger partial charge in [-0.15, -0.1) is 0 Å². The van der Waals surface area contributed by atoms with Gasteiger partial charge in [0.2, 0.25) is 15.9 Å². The lowest BCUT2D eigenvalue weighted by molar-refractivity contribution is -0.121. The molecule has 8 heteroatoms. The molecule has 2 aromatic rings. The van der Waals surface area contributed by atoms with Gasteiger partial charge in [0.15, 0.2) is 0 Å². The topological polar surface area (TPSA) is 69.7 Å². The van der Waals surface area contributed by atoms with Crippen LogP contribution < -0.4 is 10.2 Å². The lowest BCUT2D eigenvalue weighted by atomic mass is 10.1. The van der Waals surface area contributed by atoms with Crippen LogP contribution in [0.1, 0.15) is 18.4 Å². The lowest BCUT2D eigenvalue weighted by Crippen LogP contribution is -2.50. The Labute approximate surface area is 183 Å². The van der Waals surface area contributed by atoms with Gasteiger partial charge in [-0.2, -0.15) is 4.31 Å². The quantitative estimate of drug-likeness (QED) is 0.639. The zero-order chi connectivity index (χ0) is 21.4. The van der Waals surface area contributed by atoms with Crippen LogP contribution in [0.25, 0.3) is 0 Å². The molecule has 0 saturated carbocycles. The molecule has 0 bridgehead atoms. The second kappa shape index (κ2) is 10.8. The van der Waals surface area contributed by atoms with Crippen molar-refractivity contribution in [3.8, 4) is 0 Å². The van der Waals surface area contributed by atoms with Crippen LogP contribution in [0.3, 0.4) is 0 Å². The molecule has 1 amide bonds. The Morgan fingerprint density at radius 2 is 1.63 bits per heavy atom. The summed E-state index contributed by atoms with van der Waals surface area (Å²) in [6.07, 6.45) is 1.97. The molecule has 1 aliphatic rings. The van der Waals surface area contributed by atoms with Crippen LogP contribution in [0.2, 0.25) is 5.02 Å². The number of carbonyl (C=O) groups excluding carboxylic acids is 1. The number of hydrogen-bond donors (Lipinski definition) is 1. The molecule has 3 rings (SSSR count). The predicted molar refractivity (Wildman–Crippen MR) is 121 cm³/mol. The number of rotatable bonds is 9. The molecule has 30 heavy (non-hydrogen) atoms. The number of para-hydroxylation sites is 1. The summed E-state index contributed by atoms with van der Waals surface area (Å²) in [5.41, 5.74) is 2.13. The fourth-order valence-corrected chi connectivity index (χ4v) is 5.14. The summed E-state index contributed by atoms with van der Waals surface area (Å²) in [6, 6.07) is 17.6. The Balaban J connectivity index is 1.37. The number of carbonyl (C=O) groups is 1. The number of hydrogen-bond acceptors (Lipinski definition) is 4. The highest BCUT2D eigenvalue weighted by atomic mass is 35.5. The van der Waals surface area contributed by atoms with Crippen LogP contribution >= 0.6 is 11.6 Å². The molecule has 0 aromatic heterocycles.